The molecule has 1 heteroatoms. The lowest BCUT2D eigenvalue weighted by molar-refractivity contribution is 0.238. The maximum atomic E-state index is 3.89. The lowest BCUT2D eigenvalue weighted by Gasteiger charge is -2.31. The molecule has 116 valence electrons. The van der Waals surface area contributed by atoms with Gasteiger partial charge in [0.2, 0.25) is 0 Å². The van der Waals surface area contributed by atoms with Crippen molar-refractivity contribution in [3.63, 3.8) is 0 Å². The van der Waals surface area contributed by atoms with Crippen LogP contribution in [0, 0.1) is 17.3 Å². The van der Waals surface area contributed by atoms with Crippen LogP contribution in [0.2, 0.25) is 0 Å². The lowest BCUT2D eigenvalue weighted by atomic mass is 9.80. The Balaban J connectivity index is 1.57. The maximum absolute atomic E-state index is 3.89. The van der Waals surface area contributed by atoms with Gasteiger partial charge in [0.1, 0.15) is 0 Å². The number of benzene rings is 1. The van der Waals surface area contributed by atoms with Crippen LogP contribution in [-0.2, 0) is 6.42 Å². The molecule has 0 heterocycles. The van der Waals surface area contributed by atoms with Gasteiger partial charge in [-0.1, -0.05) is 64.3 Å². The first-order valence-corrected chi connectivity index (χ1v) is 8.87. The van der Waals surface area contributed by atoms with E-state index < -0.39 is 0 Å². The fraction of sp³-hybridized carbons (Fsp3) is 0.700. The summed E-state index contributed by atoms with van der Waals surface area (Å²) in [5, 5.41) is 3.89. The van der Waals surface area contributed by atoms with Crippen molar-refractivity contribution in [3.8, 4) is 0 Å². The van der Waals surface area contributed by atoms with E-state index in [0.717, 1.165) is 11.8 Å². The lowest BCUT2D eigenvalue weighted by Crippen LogP contribution is -2.32. The molecule has 21 heavy (non-hydrogen) atoms. The minimum atomic E-state index is 0.351. The quantitative estimate of drug-likeness (QED) is 0.810. The molecule has 0 aliphatic heterocycles. The van der Waals surface area contributed by atoms with Gasteiger partial charge in [-0.2, -0.15) is 0 Å². The van der Waals surface area contributed by atoms with E-state index >= 15 is 0 Å². The summed E-state index contributed by atoms with van der Waals surface area (Å²) in [7, 11) is 0. The van der Waals surface area contributed by atoms with E-state index in [2.05, 4.69) is 50.4 Å². The summed E-state index contributed by atoms with van der Waals surface area (Å²) in [6.45, 7) is 8.43. The fourth-order valence-electron chi connectivity index (χ4n) is 4.63. The first kappa shape index (κ1) is 15.1. The highest BCUT2D eigenvalue weighted by molar-refractivity contribution is 5.37. The molecule has 2 aliphatic carbocycles. The van der Waals surface area contributed by atoms with Crippen molar-refractivity contribution in [2.24, 2.45) is 17.3 Å². The fourth-order valence-corrected chi connectivity index (χ4v) is 4.63. The summed E-state index contributed by atoms with van der Waals surface area (Å²) in [4.78, 5) is 0. The zero-order valence-electron chi connectivity index (χ0n) is 14.0. The minimum absolute atomic E-state index is 0.351. The minimum Gasteiger partial charge on any atom is -0.309 e. The second-order valence-corrected chi connectivity index (χ2v) is 8.18. The number of hydrogen-bond donors (Lipinski definition) is 1. The van der Waals surface area contributed by atoms with E-state index in [1.165, 1.54) is 45.1 Å². The number of hydrogen-bond acceptors (Lipinski definition) is 1. The molecule has 3 atom stereocenters. The Bertz CT molecular complexity index is 476. The molecule has 3 rings (SSSR count). The molecular formula is C20H31N. The average molecular weight is 285 g/mol. The van der Waals surface area contributed by atoms with E-state index in [-0.39, 0.29) is 0 Å². The SMILES string of the molecule is CC1CCCC(CCNC2c3ccccc3CC2(C)C)C1. The van der Waals surface area contributed by atoms with Crippen LogP contribution in [0.1, 0.15) is 70.0 Å². The van der Waals surface area contributed by atoms with Crippen molar-refractivity contribution in [1.82, 2.24) is 5.32 Å². The van der Waals surface area contributed by atoms with Crippen LogP contribution in [0.3, 0.4) is 0 Å². The van der Waals surface area contributed by atoms with Gasteiger partial charge in [-0.05, 0) is 54.2 Å². The number of fused-ring (bicyclic) bond motifs is 1. The third-order valence-electron chi connectivity index (χ3n) is 5.74. The Morgan fingerprint density at radius 2 is 2.00 bits per heavy atom. The highest BCUT2D eigenvalue weighted by Gasteiger charge is 2.38. The normalized spacial score (nSPS) is 31.1. The number of nitrogens with one attached hydrogen (secondary N) is 1. The Hall–Kier alpha value is -0.820. The topological polar surface area (TPSA) is 12.0 Å². The average Bonchev–Trinajstić information content (AvgIpc) is 2.70. The monoisotopic (exact) mass is 285 g/mol. The molecule has 2 aliphatic rings. The van der Waals surface area contributed by atoms with E-state index in [1.54, 1.807) is 11.1 Å². The molecule has 1 N–H and O–H groups in total. The largest absolute Gasteiger partial charge is 0.309 e. The first-order chi connectivity index (χ1) is 10.1. The van der Waals surface area contributed by atoms with Crippen LogP contribution in [0.25, 0.3) is 0 Å². The molecule has 1 aromatic carbocycles. The van der Waals surface area contributed by atoms with E-state index in [9.17, 15) is 0 Å². The Labute approximate surface area is 130 Å². The summed E-state index contributed by atoms with van der Waals surface area (Å²) in [5.41, 5.74) is 3.44. The Morgan fingerprint density at radius 1 is 1.19 bits per heavy atom. The molecule has 0 bridgehead atoms. The van der Waals surface area contributed by atoms with Crippen LogP contribution in [0.4, 0.5) is 0 Å². The zero-order chi connectivity index (χ0) is 14.9. The van der Waals surface area contributed by atoms with Gasteiger partial charge in [-0.3, -0.25) is 0 Å². The molecule has 3 unspecified atom stereocenters. The van der Waals surface area contributed by atoms with E-state index in [4.69, 9.17) is 0 Å². The molecule has 1 fully saturated rings. The van der Waals surface area contributed by atoms with Crippen molar-refractivity contribution < 1.29 is 0 Å². The van der Waals surface area contributed by atoms with Crippen LogP contribution in [-0.4, -0.2) is 6.54 Å². The van der Waals surface area contributed by atoms with Gasteiger partial charge in [0, 0.05) is 6.04 Å². The second kappa shape index (κ2) is 6.12. The smallest absolute Gasteiger partial charge is 0.0377 e. The van der Waals surface area contributed by atoms with Crippen molar-refractivity contribution in [1.29, 1.82) is 0 Å². The summed E-state index contributed by atoms with van der Waals surface area (Å²) < 4.78 is 0. The van der Waals surface area contributed by atoms with Gasteiger partial charge in [-0.15, -0.1) is 0 Å². The molecule has 0 aromatic heterocycles. The molecule has 0 radical (unpaired) electrons. The molecular weight excluding hydrogens is 254 g/mol. The molecule has 1 nitrogen and oxygen atoms in total. The van der Waals surface area contributed by atoms with Gasteiger partial charge in [0.05, 0.1) is 0 Å². The summed E-state index contributed by atoms with van der Waals surface area (Å²) >= 11 is 0. The van der Waals surface area contributed by atoms with Gasteiger partial charge in [0.15, 0.2) is 0 Å². The summed E-state index contributed by atoms with van der Waals surface area (Å²) in [6, 6.07) is 9.54. The summed E-state index contributed by atoms with van der Waals surface area (Å²) in [5.74, 6) is 1.91. The van der Waals surface area contributed by atoms with Crippen LogP contribution < -0.4 is 5.32 Å². The van der Waals surface area contributed by atoms with Crippen molar-refractivity contribution in [2.45, 2.75) is 65.3 Å². The van der Waals surface area contributed by atoms with Crippen LogP contribution >= 0.6 is 0 Å². The van der Waals surface area contributed by atoms with E-state index in [1.807, 2.05) is 0 Å². The standard InChI is InChI=1S/C20H31N/c1-15-7-6-8-16(13-15)11-12-21-19-18-10-5-4-9-17(18)14-20(19,2)3/h4-5,9-10,15-16,19,21H,6-8,11-14H2,1-3H3. The van der Waals surface area contributed by atoms with Gasteiger partial charge in [-0.25, -0.2) is 0 Å². The predicted molar refractivity (Wildman–Crippen MR) is 90.4 cm³/mol. The highest BCUT2D eigenvalue weighted by atomic mass is 14.9. The highest BCUT2D eigenvalue weighted by Crippen LogP contribution is 2.45. The molecule has 0 saturated heterocycles. The number of rotatable bonds is 4. The Kier molecular flexibility index (Phi) is 4.40. The molecule has 0 amide bonds. The molecule has 0 spiro atoms. The van der Waals surface area contributed by atoms with Gasteiger partial charge in [0.25, 0.3) is 0 Å². The van der Waals surface area contributed by atoms with Crippen molar-refractivity contribution in [2.75, 3.05) is 6.54 Å². The predicted octanol–water partition coefficient (Wildman–Crippen LogP) is 5.12. The third kappa shape index (κ3) is 3.34. The maximum Gasteiger partial charge on any atom is 0.0377 e. The van der Waals surface area contributed by atoms with Crippen molar-refractivity contribution >= 4 is 0 Å². The second-order valence-electron chi connectivity index (χ2n) is 8.18. The molecule has 1 aromatic rings. The molecule has 1 saturated carbocycles. The van der Waals surface area contributed by atoms with Crippen LogP contribution in [0.5, 0.6) is 0 Å². The van der Waals surface area contributed by atoms with Crippen molar-refractivity contribution in [3.05, 3.63) is 35.4 Å². The van der Waals surface area contributed by atoms with Crippen LogP contribution in [0.15, 0.2) is 24.3 Å². The van der Waals surface area contributed by atoms with E-state index in [0.29, 0.717) is 11.5 Å². The summed E-state index contributed by atoms with van der Waals surface area (Å²) in [6.07, 6.45) is 8.37. The van der Waals surface area contributed by atoms with Gasteiger partial charge < -0.3 is 5.32 Å². The zero-order valence-corrected chi connectivity index (χ0v) is 14.0. The van der Waals surface area contributed by atoms with Gasteiger partial charge >= 0.3 is 0 Å². The Morgan fingerprint density at radius 3 is 2.81 bits per heavy atom. The third-order valence-corrected chi connectivity index (χ3v) is 5.74. The first-order valence-electron chi connectivity index (χ1n) is 8.87.